The topological polar surface area (TPSA) is 35.5 Å². The minimum absolute atomic E-state index is 0.157. The maximum Gasteiger partial charge on any atom is 0.509 e. The first-order chi connectivity index (χ1) is 6.06. The second-order valence-corrected chi connectivity index (χ2v) is 3.60. The van der Waals surface area contributed by atoms with Crippen LogP contribution in [0, 0.1) is 5.92 Å². The smallest absolute Gasteiger partial charge is 0.426 e. The van der Waals surface area contributed by atoms with Crippen LogP contribution in [0.3, 0.4) is 0 Å². The molecule has 13 heavy (non-hydrogen) atoms. The molecule has 3 unspecified atom stereocenters. The van der Waals surface area contributed by atoms with Gasteiger partial charge < -0.3 is 9.47 Å². The van der Waals surface area contributed by atoms with E-state index in [-0.39, 0.29) is 12.2 Å². The SMILES string of the molecule is C=C(C)C1OC(=O)OC1C(C)CC. The molecule has 3 heteroatoms. The first-order valence-corrected chi connectivity index (χ1v) is 4.59. The molecule has 0 amide bonds. The summed E-state index contributed by atoms with van der Waals surface area (Å²) < 4.78 is 10.1. The predicted molar refractivity (Wildman–Crippen MR) is 49.4 cm³/mol. The molecule has 1 rings (SSSR count). The Morgan fingerprint density at radius 3 is 2.69 bits per heavy atom. The van der Waals surface area contributed by atoms with Crippen molar-refractivity contribution in [3.63, 3.8) is 0 Å². The van der Waals surface area contributed by atoms with Gasteiger partial charge in [0.15, 0.2) is 6.10 Å². The van der Waals surface area contributed by atoms with Crippen molar-refractivity contribution in [2.45, 2.75) is 39.4 Å². The minimum Gasteiger partial charge on any atom is -0.426 e. The highest BCUT2D eigenvalue weighted by molar-refractivity contribution is 5.63. The fourth-order valence-corrected chi connectivity index (χ4v) is 1.40. The average Bonchev–Trinajstić information content (AvgIpc) is 2.46. The molecule has 0 spiro atoms. The van der Waals surface area contributed by atoms with Gasteiger partial charge in [-0.3, -0.25) is 0 Å². The highest BCUT2D eigenvalue weighted by atomic mass is 16.8. The van der Waals surface area contributed by atoms with E-state index in [1.165, 1.54) is 0 Å². The summed E-state index contributed by atoms with van der Waals surface area (Å²) in [6.07, 6.45) is -0.0267. The summed E-state index contributed by atoms with van der Waals surface area (Å²) in [6, 6.07) is 0. The molecule has 3 nitrogen and oxygen atoms in total. The molecule has 0 bridgehead atoms. The van der Waals surface area contributed by atoms with E-state index in [0.717, 1.165) is 12.0 Å². The summed E-state index contributed by atoms with van der Waals surface area (Å²) in [5, 5.41) is 0. The van der Waals surface area contributed by atoms with Crippen LogP contribution in [-0.2, 0) is 9.47 Å². The summed E-state index contributed by atoms with van der Waals surface area (Å²) in [4.78, 5) is 10.9. The zero-order chi connectivity index (χ0) is 10.0. The zero-order valence-corrected chi connectivity index (χ0v) is 8.37. The van der Waals surface area contributed by atoms with Crippen LogP contribution < -0.4 is 0 Å². The number of hydrogen-bond acceptors (Lipinski definition) is 3. The molecular weight excluding hydrogens is 168 g/mol. The number of carbonyl (C=O) groups excluding carboxylic acids is 1. The van der Waals surface area contributed by atoms with Crippen LogP contribution >= 0.6 is 0 Å². The molecule has 0 radical (unpaired) electrons. The lowest BCUT2D eigenvalue weighted by Gasteiger charge is -2.20. The van der Waals surface area contributed by atoms with Gasteiger partial charge in [-0.05, 0) is 24.8 Å². The molecule has 3 atom stereocenters. The highest BCUT2D eigenvalue weighted by Crippen LogP contribution is 2.27. The summed E-state index contributed by atoms with van der Waals surface area (Å²) in [5.74, 6) is 0.313. The molecule has 1 fully saturated rings. The number of cyclic esters (lactones) is 2. The lowest BCUT2D eigenvalue weighted by Crippen LogP contribution is -2.29. The summed E-state index contributed by atoms with van der Waals surface area (Å²) in [5.41, 5.74) is 0.844. The zero-order valence-electron chi connectivity index (χ0n) is 8.37. The molecule has 1 heterocycles. The Balaban J connectivity index is 2.71. The lowest BCUT2D eigenvalue weighted by molar-refractivity contribution is 0.0986. The van der Waals surface area contributed by atoms with Gasteiger partial charge in [0.05, 0.1) is 0 Å². The van der Waals surface area contributed by atoms with Crippen molar-refractivity contribution in [2.24, 2.45) is 5.92 Å². The van der Waals surface area contributed by atoms with E-state index in [1.54, 1.807) is 0 Å². The van der Waals surface area contributed by atoms with E-state index in [1.807, 2.05) is 13.8 Å². The molecule has 0 N–H and O–H groups in total. The lowest BCUT2D eigenvalue weighted by atomic mass is 9.94. The molecule has 1 saturated heterocycles. The van der Waals surface area contributed by atoms with Gasteiger partial charge in [0.1, 0.15) is 6.10 Å². The number of carbonyl (C=O) groups is 1. The summed E-state index contributed by atoms with van der Waals surface area (Å²) in [6.45, 7) is 9.74. The van der Waals surface area contributed by atoms with Crippen LogP contribution in [0.1, 0.15) is 27.2 Å². The van der Waals surface area contributed by atoms with Crippen molar-refractivity contribution in [1.82, 2.24) is 0 Å². The van der Waals surface area contributed by atoms with Crippen LogP contribution in [-0.4, -0.2) is 18.4 Å². The highest BCUT2D eigenvalue weighted by Gasteiger charge is 2.39. The molecule has 1 aliphatic heterocycles. The maximum atomic E-state index is 10.9. The van der Waals surface area contributed by atoms with Gasteiger partial charge in [-0.2, -0.15) is 0 Å². The Bertz CT molecular complexity index is 222. The molecule has 74 valence electrons. The van der Waals surface area contributed by atoms with Crippen LogP contribution in [0.25, 0.3) is 0 Å². The summed E-state index contributed by atoms with van der Waals surface area (Å²) in [7, 11) is 0. The fourth-order valence-electron chi connectivity index (χ4n) is 1.40. The van der Waals surface area contributed by atoms with E-state index in [0.29, 0.717) is 5.92 Å². The van der Waals surface area contributed by atoms with Crippen LogP contribution in [0.2, 0.25) is 0 Å². The van der Waals surface area contributed by atoms with Crippen molar-refractivity contribution < 1.29 is 14.3 Å². The average molecular weight is 184 g/mol. The van der Waals surface area contributed by atoms with E-state index in [9.17, 15) is 4.79 Å². The Hall–Kier alpha value is -0.990. The van der Waals surface area contributed by atoms with Gasteiger partial charge in [-0.1, -0.05) is 20.4 Å². The Morgan fingerprint density at radius 1 is 1.62 bits per heavy atom. The van der Waals surface area contributed by atoms with E-state index < -0.39 is 6.16 Å². The predicted octanol–water partition coefficient (Wildman–Crippen LogP) is 2.51. The van der Waals surface area contributed by atoms with Gasteiger partial charge in [0.25, 0.3) is 0 Å². The maximum absolute atomic E-state index is 10.9. The third-order valence-electron chi connectivity index (χ3n) is 2.44. The van der Waals surface area contributed by atoms with Gasteiger partial charge in [-0.25, -0.2) is 4.79 Å². The molecule has 0 aliphatic carbocycles. The quantitative estimate of drug-likeness (QED) is 0.499. The third-order valence-corrected chi connectivity index (χ3v) is 2.44. The fraction of sp³-hybridized carbons (Fsp3) is 0.700. The van der Waals surface area contributed by atoms with Crippen molar-refractivity contribution in [3.8, 4) is 0 Å². The number of ether oxygens (including phenoxy) is 2. The molecule has 1 aliphatic rings. The van der Waals surface area contributed by atoms with E-state index in [2.05, 4.69) is 13.5 Å². The van der Waals surface area contributed by atoms with Crippen molar-refractivity contribution in [3.05, 3.63) is 12.2 Å². The Kier molecular flexibility index (Phi) is 2.96. The van der Waals surface area contributed by atoms with Crippen LogP contribution in [0.5, 0.6) is 0 Å². The Labute approximate surface area is 78.7 Å². The van der Waals surface area contributed by atoms with Gasteiger partial charge in [0, 0.05) is 0 Å². The monoisotopic (exact) mass is 184 g/mol. The number of rotatable bonds is 3. The molecule has 0 aromatic rings. The van der Waals surface area contributed by atoms with Crippen molar-refractivity contribution >= 4 is 6.16 Å². The number of hydrogen-bond donors (Lipinski definition) is 0. The molecule has 0 aromatic heterocycles. The second-order valence-electron chi connectivity index (χ2n) is 3.60. The van der Waals surface area contributed by atoms with Gasteiger partial charge in [-0.15, -0.1) is 0 Å². The van der Waals surface area contributed by atoms with Crippen molar-refractivity contribution in [1.29, 1.82) is 0 Å². The normalized spacial score (nSPS) is 29.3. The Morgan fingerprint density at radius 2 is 2.23 bits per heavy atom. The molecular formula is C10H16O3. The first-order valence-electron chi connectivity index (χ1n) is 4.59. The molecule has 0 saturated carbocycles. The summed E-state index contributed by atoms with van der Waals surface area (Å²) >= 11 is 0. The largest absolute Gasteiger partial charge is 0.509 e. The standard InChI is InChI=1S/C10H16O3/c1-5-7(4)9-8(6(2)3)12-10(11)13-9/h7-9H,2,5H2,1,3-4H3. The molecule has 0 aromatic carbocycles. The van der Waals surface area contributed by atoms with E-state index >= 15 is 0 Å². The second kappa shape index (κ2) is 3.81. The first kappa shape index (κ1) is 10.1. The van der Waals surface area contributed by atoms with Gasteiger partial charge >= 0.3 is 6.16 Å². The van der Waals surface area contributed by atoms with Crippen LogP contribution in [0.15, 0.2) is 12.2 Å². The van der Waals surface area contributed by atoms with Gasteiger partial charge in [0.2, 0.25) is 0 Å². The third kappa shape index (κ3) is 2.02. The van der Waals surface area contributed by atoms with Crippen LogP contribution in [0.4, 0.5) is 4.79 Å². The van der Waals surface area contributed by atoms with E-state index in [4.69, 9.17) is 9.47 Å². The minimum atomic E-state index is -0.571. The van der Waals surface area contributed by atoms with Crippen molar-refractivity contribution in [2.75, 3.05) is 0 Å².